The zero-order valence-corrected chi connectivity index (χ0v) is 15.9. The predicted molar refractivity (Wildman–Crippen MR) is 105 cm³/mol. The van der Waals surface area contributed by atoms with Crippen molar-refractivity contribution in [3.05, 3.63) is 64.8 Å². The zero-order valence-electron chi connectivity index (χ0n) is 15.9. The summed E-state index contributed by atoms with van der Waals surface area (Å²) in [5, 5.41) is 1.11. The Kier molecular flexibility index (Phi) is 4.62. The van der Waals surface area contributed by atoms with Gasteiger partial charge in [0, 0.05) is 28.7 Å². The number of aromatic amines is 1. The third-order valence-corrected chi connectivity index (χ3v) is 5.37. The normalized spacial score (nSPS) is 17.3. The Labute approximate surface area is 158 Å². The zero-order chi connectivity index (χ0) is 19.0. The summed E-state index contributed by atoms with van der Waals surface area (Å²) in [6, 6.07) is 13.7. The molecule has 1 saturated heterocycles. The fraction of sp³-hybridized carbons (Fsp3) is 0.318. The molecule has 1 unspecified atom stereocenters. The lowest BCUT2D eigenvalue weighted by molar-refractivity contribution is -0.0228. The van der Waals surface area contributed by atoms with Crippen molar-refractivity contribution in [3.63, 3.8) is 0 Å². The molecule has 1 aliphatic heterocycles. The Bertz CT molecular complexity index is 992. The fourth-order valence-corrected chi connectivity index (χ4v) is 3.65. The highest BCUT2D eigenvalue weighted by Gasteiger charge is 2.26. The standard InChI is InChI=1S/C22H24N2O3/c1-14-15(2)23-20-8-7-17(12-19(14)20)22(25)24-9-10-27-21(13-24)16-5-4-6-18(11-16)26-3/h4-8,11-12,21,23H,9-10,13H2,1-3H3. The monoisotopic (exact) mass is 364 g/mol. The van der Waals surface area contributed by atoms with Gasteiger partial charge in [-0.2, -0.15) is 0 Å². The number of morpholine rings is 1. The van der Waals surface area contributed by atoms with Crippen molar-refractivity contribution in [2.45, 2.75) is 20.0 Å². The minimum absolute atomic E-state index is 0.0475. The van der Waals surface area contributed by atoms with Crippen LogP contribution in [0.15, 0.2) is 42.5 Å². The van der Waals surface area contributed by atoms with Crippen molar-refractivity contribution in [2.24, 2.45) is 0 Å². The lowest BCUT2D eigenvalue weighted by atomic mass is 10.1. The Morgan fingerprint density at radius 2 is 2.07 bits per heavy atom. The van der Waals surface area contributed by atoms with Gasteiger partial charge in [-0.15, -0.1) is 0 Å². The highest BCUT2D eigenvalue weighted by Crippen LogP contribution is 2.27. The first-order chi connectivity index (χ1) is 13.1. The Morgan fingerprint density at radius 3 is 2.89 bits per heavy atom. The molecule has 0 aliphatic carbocycles. The van der Waals surface area contributed by atoms with Crippen LogP contribution in [0.4, 0.5) is 0 Å². The molecule has 0 bridgehead atoms. The summed E-state index contributed by atoms with van der Waals surface area (Å²) in [5.41, 5.74) is 5.14. The number of fused-ring (bicyclic) bond motifs is 1. The summed E-state index contributed by atoms with van der Waals surface area (Å²) in [4.78, 5) is 18.3. The summed E-state index contributed by atoms with van der Waals surface area (Å²) in [7, 11) is 1.65. The SMILES string of the molecule is COc1cccc(C2CN(C(=O)c3ccc4[nH]c(C)c(C)c4c3)CCO2)c1. The molecular weight excluding hydrogens is 340 g/mol. The van der Waals surface area contributed by atoms with Crippen LogP contribution in [-0.2, 0) is 4.74 Å². The van der Waals surface area contributed by atoms with Crippen molar-refractivity contribution in [2.75, 3.05) is 26.8 Å². The maximum atomic E-state index is 13.1. The molecule has 0 spiro atoms. The number of rotatable bonds is 3. The highest BCUT2D eigenvalue weighted by molar-refractivity contribution is 5.99. The molecule has 5 heteroatoms. The molecule has 1 aliphatic rings. The highest BCUT2D eigenvalue weighted by atomic mass is 16.5. The summed E-state index contributed by atoms with van der Waals surface area (Å²) < 4.78 is 11.2. The lowest BCUT2D eigenvalue weighted by Crippen LogP contribution is -2.42. The number of hydrogen-bond donors (Lipinski definition) is 1. The van der Waals surface area contributed by atoms with Crippen molar-refractivity contribution in [1.82, 2.24) is 9.88 Å². The van der Waals surface area contributed by atoms with Crippen LogP contribution in [0.2, 0.25) is 0 Å². The molecule has 1 aromatic heterocycles. The molecule has 0 radical (unpaired) electrons. The molecule has 1 atom stereocenters. The quantitative estimate of drug-likeness (QED) is 0.764. The van der Waals surface area contributed by atoms with Gasteiger partial charge < -0.3 is 19.4 Å². The second-order valence-corrected chi connectivity index (χ2v) is 7.02. The van der Waals surface area contributed by atoms with Crippen molar-refractivity contribution >= 4 is 16.8 Å². The van der Waals surface area contributed by atoms with Crippen molar-refractivity contribution in [1.29, 1.82) is 0 Å². The maximum absolute atomic E-state index is 13.1. The number of amides is 1. The Balaban J connectivity index is 1.57. The van der Waals surface area contributed by atoms with Gasteiger partial charge in [-0.3, -0.25) is 4.79 Å². The van der Waals surface area contributed by atoms with Gasteiger partial charge in [0.2, 0.25) is 0 Å². The number of H-pyrrole nitrogens is 1. The van der Waals surface area contributed by atoms with E-state index in [-0.39, 0.29) is 12.0 Å². The largest absolute Gasteiger partial charge is 0.497 e. The van der Waals surface area contributed by atoms with Crippen LogP contribution in [0.3, 0.4) is 0 Å². The number of aromatic nitrogens is 1. The molecule has 27 heavy (non-hydrogen) atoms. The smallest absolute Gasteiger partial charge is 0.254 e. The molecule has 140 valence electrons. The van der Waals surface area contributed by atoms with Gasteiger partial charge in [-0.05, 0) is 55.3 Å². The predicted octanol–water partition coefficient (Wildman–Crippen LogP) is 4.01. The Hall–Kier alpha value is -2.79. The van der Waals surface area contributed by atoms with E-state index in [0.717, 1.165) is 33.5 Å². The summed E-state index contributed by atoms with van der Waals surface area (Å²) in [5.74, 6) is 0.842. The van der Waals surface area contributed by atoms with Gasteiger partial charge in [0.25, 0.3) is 5.91 Å². The average molecular weight is 364 g/mol. The van der Waals surface area contributed by atoms with E-state index in [9.17, 15) is 4.79 Å². The summed E-state index contributed by atoms with van der Waals surface area (Å²) in [6.45, 7) is 5.79. The second-order valence-electron chi connectivity index (χ2n) is 7.02. The van der Waals surface area contributed by atoms with Gasteiger partial charge >= 0.3 is 0 Å². The number of hydrogen-bond acceptors (Lipinski definition) is 3. The van der Waals surface area contributed by atoms with E-state index in [1.807, 2.05) is 47.4 Å². The number of methoxy groups -OCH3 is 1. The van der Waals surface area contributed by atoms with Crippen LogP contribution < -0.4 is 4.74 Å². The van der Waals surface area contributed by atoms with Crippen LogP contribution in [0.5, 0.6) is 5.75 Å². The van der Waals surface area contributed by atoms with E-state index in [1.165, 1.54) is 5.56 Å². The van der Waals surface area contributed by atoms with Crippen LogP contribution in [0.1, 0.15) is 33.3 Å². The van der Waals surface area contributed by atoms with Gasteiger partial charge in [0.15, 0.2) is 0 Å². The fourth-order valence-electron chi connectivity index (χ4n) is 3.65. The summed E-state index contributed by atoms with van der Waals surface area (Å²) >= 11 is 0. The number of benzene rings is 2. The molecular formula is C22H24N2O3. The summed E-state index contributed by atoms with van der Waals surface area (Å²) in [6.07, 6.45) is -0.141. The molecule has 4 rings (SSSR count). The molecule has 1 fully saturated rings. The van der Waals surface area contributed by atoms with Crippen LogP contribution in [0, 0.1) is 13.8 Å². The van der Waals surface area contributed by atoms with Crippen molar-refractivity contribution < 1.29 is 14.3 Å². The molecule has 0 saturated carbocycles. The van der Waals surface area contributed by atoms with Gasteiger partial charge in [0.05, 0.1) is 20.3 Å². The van der Waals surface area contributed by atoms with Gasteiger partial charge in [-0.1, -0.05) is 12.1 Å². The number of carbonyl (C=O) groups is 1. The van der Waals surface area contributed by atoms with Crippen LogP contribution in [0.25, 0.3) is 10.9 Å². The molecule has 2 heterocycles. The molecule has 2 aromatic carbocycles. The van der Waals surface area contributed by atoms with Gasteiger partial charge in [-0.25, -0.2) is 0 Å². The minimum atomic E-state index is -0.141. The van der Waals surface area contributed by atoms with E-state index in [0.29, 0.717) is 19.7 Å². The first kappa shape index (κ1) is 17.6. The topological polar surface area (TPSA) is 54.6 Å². The van der Waals surface area contributed by atoms with Crippen LogP contribution in [-0.4, -0.2) is 42.6 Å². The maximum Gasteiger partial charge on any atom is 0.254 e. The average Bonchev–Trinajstić information content (AvgIpc) is 3.01. The third kappa shape index (κ3) is 3.30. The number of nitrogens with one attached hydrogen (secondary N) is 1. The number of nitrogens with zero attached hydrogens (tertiary/aromatic N) is 1. The molecule has 1 amide bonds. The van der Waals surface area contributed by atoms with Crippen molar-refractivity contribution in [3.8, 4) is 5.75 Å². The second kappa shape index (κ2) is 7.08. The van der Waals surface area contributed by atoms with E-state index < -0.39 is 0 Å². The molecule has 5 nitrogen and oxygen atoms in total. The van der Waals surface area contributed by atoms with Gasteiger partial charge in [0.1, 0.15) is 11.9 Å². The van der Waals surface area contributed by atoms with E-state index in [2.05, 4.69) is 18.8 Å². The minimum Gasteiger partial charge on any atom is -0.497 e. The number of carbonyl (C=O) groups excluding carboxylic acids is 1. The van der Waals surface area contributed by atoms with E-state index in [1.54, 1.807) is 7.11 Å². The Morgan fingerprint density at radius 1 is 1.22 bits per heavy atom. The lowest BCUT2D eigenvalue weighted by Gasteiger charge is -2.33. The first-order valence-electron chi connectivity index (χ1n) is 9.20. The van der Waals surface area contributed by atoms with E-state index >= 15 is 0 Å². The first-order valence-corrected chi connectivity index (χ1v) is 9.20. The molecule has 1 N–H and O–H groups in total. The molecule has 3 aromatic rings. The number of ether oxygens (including phenoxy) is 2. The third-order valence-electron chi connectivity index (χ3n) is 5.37. The van der Waals surface area contributed by atoms with Crippen LogP contribution >= 0.6 is 0 Å². The van der Waals surface area contributed by atoms with E-state index in [4.69, 9.17) is 9.47 Å². The number of aryl methyl sites for hydroxylation is 2.